The number of rotatable bonds is 11. The lowest BCUT2D eigenvalue weighted by Gasteiger charge is -2.20. The number of nitrogens with zero attached hydrogens (tertiary/aromatic N) is 3. The van der Waals surface area contributed by atoms with Crippen molar-refractivity contribution in [2.24, 2.45) is 0 Å². The normalized spacial score (nSPS) is 10.7. The number of anilines is 1. The largest absolute Gasteiger partial charge is 0.493 e. The number of aryl methyl sites for hydroxylation is 1. The van der Waals surface area contributed by atoms with E-state index in [0.29, 0.717) is 16.7 Å². The van der Waals surface area contributed by atoms with Gasteiger partial charge in [-0.05, 0) is 48.2 Å². The topological polar surface area (TPSA) is 84.8 Å². The number of hydrogen-bond acceptors (Lipinski definition) is 7. The SMILES string of the molecule is CCc1cc(N(C)CCc2ccc(OC)c(OC)c2)nc(SCc2cccc(C(=O)O)c2)n1. The van der Waals surface area contributed by atoms with Crippen molar-refractivity contribution in [1.82, 2.24) is 9.97 Å². The fourth-order valence-electron chi connectivity index (χ4n) is 3.29. The smallest absolute Gasteiger partial charge is 0.335 e. The minimum absolute atomic E-state index is 0.284. The number of benzene rings is 2. The first-order chi connectivity index (χ1) is 15.9. The van der Waals surface area contributed by atoms with Crippen LogP contribution in [0.1, 0.15) is 34.1 Å². The van der Waals surface area contributed by atoms with Crippen LogP contribution in [0.3, 0.4) is 0 Å². The number of carbonyl (C=O) groups is 1. The van der Waals surface area contributed by atoms with E-state index in [4.69, 9.17) is 14.5 Å². The number of carboxylic acids is 1. The Hall–Kier alpha value is -3.26. The van der Waals surface area contributed by atoms with Crippen molar-refractivity contribution in [2.75, 3.05) is 32.7 Å². The molecule has 1 N–H and O–H groups in total. The molecular formula is C25H29N3O4S. The quantitative estimate of drug-likeness (QED) is 0.320. The molecule has 0 aliphatic heterocycles. The molecule has 0 bridgehead atoms. The zero-order valence-corrected chi connectivity index (χ0v) is 20.2. The predicted octanol–water partition coefficient (Wildman–Crippen LogP) is 4.73. The molecule has 7 nitrogen and oxygen atoms in total. The van der Waals surface area contributed by atoms with Gasteiger partial charge in [-0.15, -0.1) is 0 Å². The van der Waals surface area contributed by atoms with E-state index in [1.54, 1.807) is 32.4 Å². The summed E-state index contributed by atoms with van der Waals surface area (Å²) in [5, 5.41) is 9.88. The molecule has 0 saturated carbocycles. The average Bonchev–Trinajstić information content (AvgIpc) is 2.85. The maximum Gasteiger partial charge on any atom is 0.335 e. The highest BCUT2D eigenvalue weighted by Gasteiger charge is 2.11. The standard InChI is InChI=1S/C25H29N3O4S/c1-5-20-15-23(28(2)12-11-17-9-10-21(31-3)22(14-17)32-4)27-25(26-20)33-16-18-7-6-8-19(13-18)24(29)30/h6-10,13-15H,5,11-12,16H2,1-4H3,(H,29,30). The van der Waals surface area contributed by atoms with E-state index in [2.05, 4.69) is 16.8 Å². The van der Waals surface area contributed by atoms with E-state index in [-0.39, 0.29) is 5.56 Å². The highest BCUT2D eigenvalue weighted by atomic mass is 32.2. The van der Waals surface area contributed by atoms with Gasteiger partial charge in [0.2, 0.25) is 0 Å². The van der Waals surface area contributed by atoms with Crippen LogP contribution in [0.25, 0.3) is 0 Å². The van der Waals surface area contributed by atoms with Gasteiger partial charge in [-0.1, -0.05) is 36.9 Å². The van der Waals surface area contributed by atoms with Crippen molar-refractivity contribution in [3.63, 3.8) is 0 Å². The molecule has 3 aromatic rings. The molecule has 2 aromatic carbocycles. The Kier molecular flexibility index (Phi) is 8.54. The molecule has 33 heavy (non-hydrogen) atoms. The van der Waals surface area contributed by atoms with Gasteiger partial charge >= 0.3 is 5.97 Å². The second-order valence-electron chi connectivity index (χ2n) is 7.51. The lowest BCUT2D eigenvalue weighted by molar-refractivity contribution is 0.0696. The minimum atomic E-state index is -0.926. The van der Waals surface area contributed by atoms with Gasteiger partial charge in [-0.2, -0.15) is 0 Å². The second-order valence-corrected chi connectivity index (χ2v) is 8.45. The fourth-order valence-corrected chi connectivity index (χ4v) is 4.11. The zero-order valence-electron chi connectivity index (χ0n) is 19.4. The molecule has 0 aliphatic carbocycles. The van der Waals surface area contributed by atoms with E-state index in [9.17, 15) is 9.90 Å². The molecule has 0 radical (unpaired) electrons. The highest BCUT2D eigenvalue weighted by Crippen LogP contribution is 2.28. The second kappa shape index (κ2) is 11.6. The summed E-state index contributed by atoms with van der Waals surface area (Å²) in [4.78, 5) is 22.7. The lowest BCUT2D eigenvalue weighted by atomic mass is 10.1. The molecule has 1 aromatic heterocycles. The Labute approximate surface area is 198 Å². The van der Waals surface area contributed by atoms with Gasteiger partial charge < -0.3 is 19.5 Å². The third-order valence-electron chi connectivity index (χ3n) is 5.22. The van der Waals surface area contributed by atoms with Gasteiger partial charge in [0.15, 0.2) is 16.7 Å². The Morgan fingerprint density at radius 2 is 1.82 bits per heavy atom. The van der Waals surface area contributed by atoms with Crippen molar-refractivity contribution < 1.29 is 19.4 Å². The first-order valence-corrected chi connectivity index (χ1v) is 11.7. The van der Waals surface area contributed by atoms with Gasteiger partial charge in [0.05, 0.1) is 19.8 Å². The maximum absolute atomic E-state index is 11.2. The van der Waals surface area contributed by atoms with Gasteiger partial charge in [-0.3, -0.25) is 0 Å². The van der Waals surface area contributed by atoms with E-state index in [1.165, 1.54) is 11.8 Å². The van der Waals surface area contributed by atoms with E-state index >= 15 is 0 Å². The average molecular weight is 468 g/mol. The van der Waals surface area contributed by atoms with Crippen LogP contribution in [-0.2, 0) is 18.6 Å². The first-order valence-electron chi connectivity index (χ1n) is 10.7. The number of carboxylic acid groups (broad SMARTS) is 1. The number of likely N-dealkylation sites (N-methyl/N-ethyl adjacent to an activating group) is 1. The molecule has 3 rings (SSSR count). The summed E-state index contributed by atoms with van der Waals surface area (Å²) >= 11 is 1.51. The van der Waals surface area contributed by atoms with Gasteiger partial charge in [0.25, 0.3) is 0 Å². The van der Waals surface area contributed by atoms with Crippen LogP contribution in [0.15, 0.2) is 53.7 Å². The predicted molar refractivity (Wildman–Crippen MR) is 131 cm³/mol. The summed E-state index contributed by atoms with van der Waals surface area (Å²) in [5.74, 6) is 1.98. The number of aromatic nitrogens is 2. The number of methoxy groups -OCH3 is 2. The molecule has 0 aliphatic rings. The van der Waals surface area contributed by atoms with Gasteiger partial charge in [-0.25, -0.2) is 14.8 Å². The number of hydrogen-bond donors (Lipinski definition) is 1. The Balaban J connectivity index is 1.69. The summed E-state index contributed by atoms with van der Waals surface area (Å²) < 4.78 is 10.7. The number of ether oxygens (including phenoxy) is 2. The summed E-state index contributed by atoms with van der Waals surface area (Å²) in [6.45, 7) is 2.85. The molecule has 0 fully saturated rings. The van der Waals surface area contributed by atoms with Crippen molar-refractivity contribution in [3.05, 3.63) is 70.9 Å². The molecule has 0 saturated heterocycles. The zero-order chi connectivity index (χ0) is 23.8. The lowest BCUT2D eigenvalue weighted by Crippen LogP contribution is -2.22. The van der Waals surface area contributed by atoms with Crippen molar-refractivity contribution in [3.8, 4) is 11.5 Å². The van der Waals surface area contributed by atoms with Crippen LogP contribution in [0.5, 0.6) is 11.5 Å². The van der Waals surface area contributed by atoms with Gasteiger partial charge in [0, 0.05) is 31.1 Å². The Bertz CT molecular complexity index is 1110. The summed E-state index contributed by atoms with van der Waals surface area (Å²) in [7, 11) is 5.29. The molecule has 0 atom stereocenters. The summed E-state index contributed by atoms with van der Waals surface area (Å²) in [6.07, 6.45) is 1.63. The van der Waals surface area contributed by atoms with E-state index < -0.39 is 5.97 Å². The molecular weight excluding hydrogens is 438 g/mol. The van der Waals surface area contributed by atoms with Crippen LogP contribution in [-0.4, -0.2) is 48.9 Å². The monoisotopic (exact) mass is 467 g/mol. The Morgan fingerprint density at radius 3 is 2.52 bits per heavy atom. The fraction of sp³-hybridized carbons (Fsp3) is 0.320. The van der Waals surface area contributed by atoms with Crippen LogP contribution >= 0.6 is 11.8 Å². The van der Waals surface area contributed by atoms with Crippen LogP contribution < -0.4 is 14.4 Å². The first kappa shape index (κ1) is 24.4. The number of aromatic carboxylic acids is 1. The highest BCUT2D eigenvalue weighted by molar-refractivity contribution is 7.98. The van der Waals surface area contributed by atoms with Crippen LogP contribution in [0.4, 0.5) is 5.82 Å². The van der Waals surface area contributed by atoms with E-state index in [1.807, 2.05) is 37.4 Å². The van der Waals surface area contributed by atoms with Crippen molar-refractivity contribution >= 4 is 23.5 Å². The molecule has 8 heteroatoms. The molecule has 1 heterocycles. The van der Waals surface area contributed by atoms with Gasteiger partial charge in [0.1, 0.15) is 5.82 Å². The van der Waals surface area contributed by atoms with Crippen molar-refractivity contribution in [1.29, 1.82) is 0 Å². The van der Waals surface area contributed by atoms with Crippen molar-refractivity contribution in [2.45, 2.75) is 30.7 Å². The Morgan fingerprint density at radius 1 is 1.03 bits per heavy atom. The minimum Gasteiger partial charge on any atom is -0.493 e. The van der Waals surface area contributed by atoms with E-state index in [0.717, 1.165) is 47.8 Å². The van der Waals surface area contributed by atoms with Crippen LogP contribution in [0.2, 0.25) is 0 Å². The molecule has 0 unspecified atom stereocenters. The summed E-state index contributed by atoms with van der Waals surface area (Å²) in [5.41, 5.74) is 3.33. The summed E-state index contributed by atoms with van der Waals surface area (Å²) in [6, 6.07) is 14.9. The number of thioether (sulfide) groups is 1. The molecule has 0 amide bonds. The maximum atomic E-state index is 11.2. The van der Waals surface area contributed by atoms with Crippen LogP contribution in [0, 0.1) is 0 Å². The molecule has 174 valence electrons. The molecule has 0 spiro atoms. The third-order valence-corrected chi connectivity index (χ3v) is 6.14. The third kappa shape index (κ3) is 6.61.